The van der Waals surface area contributed by atoms with Crippen molar-refractivity contribution >= 4 is 12.0 Å². The van der Waals surface area contributed by atoms with E-state index < -0.39 is 0 Å². The first-order chi connectivity index (χ1) is 10.2. The zero-order valence-corrected chi connectivity index (χ0v) is 12.5. The smallest absolute Gasteiger partial charge is 0.150 e. The van der Waals surface area contributed by atoms with E-state index in [9.17, 15) is 10.1 Å². The monoisotopic (exact) mass is 283 g/mol. The van der Waals surface area contributed by atoms with Crippen LogP contribution in [0.2, 0.25) is 0 Å². The summed E-state index contributed by atoms with van der Waals surface area (Å²) in [7, 11) is 2.23. The summed E-state index contributed by atoms with van der Waals surface area (Å²) < 4.78 is 0. The first-order valence-electron chi connectivity index (χ1n) is 7.67. The first kappa shape index (κ1) is 14.1. The molecule has 0 bridgehead atoms. The number of hydrogen-bond acceptors (Lipinski definition) is 4. The Morgan fingerprint density at radius 1 is 1.33 bits per heavy atom. The van der Waals surface area contributed by atoms with Gasteiger partial charge in [-0.25, -0.2) is 0 Å². The Labute approximate surface area is 126 Å². The van der Waals surface area contributed by atoms with Gasteiger partial charge in [0.15, 0.2) is 0 Å². The summed E-state index contributed by atoms with van der Waals surface area (Å²) in [5.41, 5.74) is 2.17. The van der Waals surface area contributed by atoms with E-state index in [1.54, 1.807) is 6.07 Å². The molecule has 0 spiro atoms. The van der Waals surface area contributed by atoms with Crippen molar-refractivity contribution in [2.45, 2.75) is 25.3 Å². The number of hydrogen-bond donors (Lipinski definition) is 0. The number of benzene rings is 1. The highest BCUT2D eigenvalue weighted by molar-refractivity contribution is 5.78. The molecule has 2 saturated heterocycles. The van der Waals surface area contributed by atoms with E-state index in [0.717, 1.165) is 31.5 Å². The fraction of sp³-hybridized carbons (Fsp3) is 0.529. The number of piperidine rings is 2. The fourth-order valence-corrected chi connectivity index (χ4v) is 3.86. The largest absolute Gasteiger partial charge is 0.370 e. The maximum Gasteiger partial charge on any atom is 0.150 e. The Hall–Kier alpha value is -1.86. The highest BCUT2D eigenvalue weighted by Gasteiger charge is 2.34. The maximum absolute atomic E-state index is 10.9. The molecule has 2 aliphatic heterocycles. The van der Waals surface area contributed by atoms with E-state index in [1.165, 1.54) is 19.4 Å². The minimum Gasteiger partial charge on any atom is -0.370 e. The summed E-state index contributed by atoms with van der Waals surface area (Å²) in [6.07, 6.45) is 4.49. The molecule has 0 aromatic heterocycles. The van der Waals surface area contributed by atoms with Crippen molar-refractivity contribution in [2.75, 3.05) is 31.6 Å². The number of nitrogens with zero attached hydrogens (tertiary/aromatic N) is 3. The number of rotatable bonds is 2. The molecule has 0 N–H and O–H groups in total. The molecule has 3 rings (SSSR count). The molecular formula is C17H21N3O. The number of likely N-dealkylation sites (tertiary alicyclic amines) is 1. The van der Waals surface area contributed by atoms with Gasteiger partial charge in [-0.2, -0.15) is 5.26 Å². The average molecular weight is 283 g/mol. The zero-order valence-electron chi connectivity index (χ0n) is 12.5. The number of aldehydes is 1. The molecule has 2 heterocycles. The SMILES string of the molecule is CN1CCCC2CN(c3ccc(C=O)cc3C#N)CCC21. The molecule has 1 aromatic carbocycles. The molecular weight excluding hydrogens is 262 g/mol. The summed E-state index contributed by atoms with van der Waals surface area (Å²) in [6, 6.07) is 8.36. The quantitative estimate of drug-likeness (QED) is 0.781. The predicted octanol–water partition coefficient (Wildman–Crippen LogP) is 2.29. The van der Waals surface area contributed by atoms with E-state index in [-0.39, 0.29) is 0 Å². The van der Waals surface area contributed by atoms with Crippen LogP contribution in [0, 0.1) is 17.2 Å². The summed E-state index contributed by atoms with van der Waals surface area (Å²) in [5.74, 6) is 0.690. The predicted molar refractivity (Wildman–Crippen MR) is 82.5 cm³/mol. The molecule has 4 heteroatoms. The second-order valence-electron chi connectivity index (χ2n) is 6.19. The van der Waals surface area contributed by atoms with Crippen LogP contribution in [0.5, 0.6) is 0 Å². The van der Waals surface area contributed by atoms with Gasteiger partial charge in [-0.3, -0.25) is 4.79 Å². The molecule has 110 valence electrons. The maximum atomic E-state index is 10.9. The first-order valence-corrected chi connectivity index (χ1v) is 7.67. The third-order valence-corrected chi connectivity index (χ3v) is 4.96. The van der Waals surface area contributed by atoms with Crippen LogP contribution in [-0.2, 0) is 0 Å². The highest BCUT2D eigenvalue weighted by atomic mass is 16.1. The summed E-state index contributed by atoms with van der Waals surface area (Å²) >= 11 is 0. The molecule has 4 nitrogen and oxygen atoms in total. The van der Waals surface area contributed by atoms with E-state index in [2.05, 4.69) is 22.9 Å². The Morgan fingerprint density at radius 3 is 2.95 bits per heavy atom. The normalized spacial score (nSPS) is 26.0. The molecule has 21 heavy (non-hydrogen) atoms. The minimum absolute atomic E-state index is 0.572. The van der Waals surface area contributed by atoms with Crippen molar-refractivity contribution in [3.8, 4) is 6.07 Å². The summed E-state index contributed by atoms with van der Waals surface area (Å²) in [6.45, 7) is 3.21. The average Bonchev–Trinajstić information content (AvgIpc) is 2.54. The molecule has 2 aliphatic rings. The van der Waals surface area contributed by atoms with Gasteiger partial charge in [0.25, 0.3) is 0 Å². The summed E-state index contributed by atoms with van der Waals surface area (Å²) in [4.78, 5) is 15.7. The summed E-state index contributed by atoms with van der Waals surface area (Å²) in [5, 5.41) is 9.34. The van der Waals surface area contributed by atoms with Crippen LogP contribution in [0.3, 0.4) is 0 Å². The van der Waals surface area contributed by atoms with Crippen LogP contribution in [-0.4, -0.2) is 43.9 Å². The van der Waals surface area contributed by atoms with Gasteiger partial charge in [-0.05, 0) is 57.0 Å². The molecule has 0 radical (unpaired) electrons. The van der Waals surface area contributed by atoms with Crippen LogP contribution >= 0.6 is 0 Å². The topological polar surface area (TPSA) is 47.3 Å². The number of carbonyl (C=O) groups is 1. The lowest BCUT2D eigenvalue weighted by Crippen LogP contribution is -2.52. The lowest BCUT2D eigenvalue weighted by molar-refractivity contribution is 0.102. The molecule has 2 unspecified atom stereocenters. The Balaban J connectivity index is 1.82. The van der Waals surface area contributed by atoms with Gasteiger partial charge in [0.05, 0.1) is 11.3 Å². The van der Waals surface area contributed by atoms with Gasteiger partial charge in [-0.1, -0.05) is 0 Å². The molecule has 0 amide bonds. The van der Waals surface area contributed by atoms with E-state index in [4.69, 9.17) is 0 Å². The number of anilines is 1. The lowest BCUT2D eigenvalue weighted by Gasteiger charge is -2.46. The van der Waals surface area contributed by atoms with Crippen LogP contribution in [0.1, 0.15) is 35.2 Å². The van der Waals surface area contributed by atoms with Crippen molar-refractivity contribution in [3.63, 3.8) is 0 Å². The third kappa shape index (κ3) is 2.66. The third-order valence-electron chi connectivity index (χ3n) is 4.96. The Bertz CT molecular complexity index is 578. The molecule has 2 atom stereocenters. The van der Waals surface area contributed by atoms with Crippen molar-refractivity contribution in [3.05, 3.63) is 29.3 Å². The number of fused-ring (bicyclic) bond motifs is 1. The van der Waals surface area contributed by atoms with Gasteiger partial charge < -0.3 is 9.80 Å². The number of nitriles is 1. The second kappa shape index (κ2) is 5.87. The van der Waals surface area contributed by atoms with Crippen molar-refractivity contribution in [2.24, 2.45) is 5.92 Å². The van der Waals surface area contributed by atoms with Crippen LogP contribution in [0.25, 0.3) is 0 Å². The number of carbonyl (C=O) groups excluding carboxylic acids is 1. The second-order valence-corrected chi connectivity index (χ2v) is 6.19. The standard InChI is InChI=1S/C17H21N3O/c1-19-7-2-3-14-11-20(8-6-16(14)19)17-5-4-13(12-21)9-15(17)10-18/h4-5,9,12,14,16H,2-3,6-8,11H2,1H3. The molecule has 1 aromatic rings. The molecule has 2 fully saturated rings. The van der Waals surface area contributed by atoms with Crippen molar-refractivity contribution in [1.82, 2.24) is 4.90 Å². The molecule has 0 aliphatic carbocycles. The van der Waals surface area contributed by atoms with Gasteiger partial charge >= 0.3 is 0 Å². The van der Waals surface area contributed by atoms with E-state index in [0.29, 0.717) is 23.1 Å². The van der Waals surface area contributed by atoms with Crippen molar-refractivity contribution in [1.29, 1.82) is 5.26 Å². The fourth-order valence-electron chi connectivity index (χ4n) is 3.86. The van der Waals surface area contributed by atoms with Crippen LogP contribution < -0.4 is 4.90 Å². The van der Waals surface area contributed by atoms with Gasteiger partial charge in [0, 0.05) is 24.7 Å². The van der Waals surface area contributed by atoms with Gasteiger partial charge in [0.2, 0.25) is 0 Å². The molecule has 0 saturated carbocycles. The van der Waals surface area contributed by atoms with E-state index >= 15 is 0 Å². The zero-order chi connectivity index (χ0) is 14.8. The van der Waals surface area contributed by atoms with Crippen LogP contribution in [0.4, 0.5) is 5.69 Å². The Kier molecular flexibility index (Phi) is 3.94. The van der Waals surface area contributed by atoms with Crippen LogP contribution in [0.15, 0.2) is 18.2 Å². The Morgan fingerprint density at radius 2 is 2.19 bits per heavy atom. The van der Waals surface area contributed by atoms with Gasteiger partial charge in [-0.15, -0.1) is 0 Å². The minimum atomic E-state index is 0.572. The van der Waals surface area contributed by atoms with E-state index in [1.807, 2.05) is 12.1 Å². The lowest BCUT2D eigenvalue weighted by atomic mass is 9.84. The van der Waals surface area contributed by atoms with Crippen molar-refractivity contribution < 1.29 is 4.79 Å². The van der Waals surface area contributed by atoms with Gasteiger partial charge in [0.1, 0.15) is 12.4 Å². The highest BCUT2D eigenvalue weighted by Crippen LogP contribution is 2.33.